The van der Waals surface area contributed by atoms with Gasteiger partial charge in [0.1, 0.15) is 17.3 Å². The summed E-state index contributed by atoms with van der Waals surface area (Å²) in [4.78, 5) is 0. The number of halogens is 1. The molecular formula is C19H24ClN3O. The topological polar surface area (TPSA) is 39.1 Å². The van der Waals surface area contributed by atoms with E-state index < -0.39 is 0 Å². The van der Waals surface area contributed by atoms with E-state index in [-0.39, 0.29) is 0 Å². The van der Waals surface area contributed by atoms with E-state index in [1.165, 1.54) is 49.8 Å². The lowest BCUT2D eigenvalue weighted by Gasteiger charge is -2.13. The van der Waals surface area contributed by atoms with E-state index in [0.29, 0.717) is 10.9 Å². The molecule has 0 saturated heterocycles. The number of nitrogens with one attached hydrogen (secondary N) is 1. The van der Waals surface area contributed by atoms with E-state index >= 15 is 0 Å². The number of nitrogens with zero attached hydrogens (tertiary/aromatic N) is 2. The van der Waals surface area contributed by atoms with E-state index in [4.69, 9.17) is 21.4 Å². The average Bonchev–Trinajstić information content (AvgIpc) is 3.17. The van der Waals surface area contributed by atoms with Crippen molar-refractivity contribution in [2.75, 3.05) is 19.0 Å². The first-order chi connectivity index (χ1) is 11.8. The maximum absolute atomic E-state index is 6.26. The van der Waals surface area contributed by atoms with Crippen molar-refractivity contribution in [2.24, 2.45) is 0 Å². The van der Waals surface area contributed by atoms with Crippen molar-refractivity contribution in [3.63, 3.8) is 0 Å². The molecule has 1 saturated carbocycles. The van der Waals surface area contributed by atoms with Crippen LogP contribution in [-0.4, -0.2) is 23.4 Å². The van der Waals surface area contributed by atoms with E-state index in [2.05, 4.69) is 5.32 Å². The minimum atomic E-state index is 0.602. The van der Waals surface area contributed by atoms with Gasteiger partial charge in [0.05, 0.1) is 12.8 Å². The van der Waals surface area contributed by atoms with Crippen LogP contribution in [0.3, 0.4) is 0 Å². The van der Waals surface area contributed by atoms with Crippen molar-refractivity contribution >= 4 is 17.4 Å². The van der Waals surface area contributed by atoms with E-state index in [1.54, 1.807) is 7.11 Å². The van der Waals surface area contributed by atoms with Gasteiger partial charge in [-0.2, -0.15) is 5.10 Å². The van der Waals surface area contributed by atoms with Crippen molar-refractivity contribution in [3.8, 4) is 11.4 Å². The predicted octanol–water partition coefficient (Wildman–Crippen LogP) is 4.94. The lowest BCUT2D eigenvalue weighted by Crippen LogP contribution is -2.08. The molecular weight excluding hydrogens is 322 g/mol. The Labute approximate surface area is 148 Å². The Morgan fingerprint density at radius 1 is 1.21 bits per heavy atom. The maximum atomic E-state index is 6.26. The zero-order chi connectivity index (χ0) is 16.5. The van der Waals surface area contributed by atoms with Gasteiger partial charge in [0.2, 0.25) is 0 Å². The van der Waals surface area contributed by atoms with Crippen LogP contribution in [0.25, 0.3) is 5.69 Å². The number of ether oxygens (including phenoxy) is 1. The number of hydrogen-bond acceptors (Lipinski definition) is 3. The summed E-state index contributed by atoms with van der Waals surface area (Å²) in [6, 6.07) is 5.72. The third-order valence-electron chi connectivity index (χ3n) is 5.27. The van der Waals surface area contributed by atoms with Crippen LogP contribution in [0, 0.1) is 0 Å². The van der Waals surface area contributed by atoms with Crippen molar-refractivity contribution in [1.29, 1.82) is 0 Å². The number of aromatic nitrogens is 2. The van der Waals surface area contributed by atoms with Gasteiger partial charge in [0, 0.05) is 23.0 Å². The minimum Gasteiger partial charge on any atom is -0.494 e. The molecule has 0 spiro atoms. The average molecular weight is 346 g/mol. The summed E-state index contributed by atoms with van der Waals surface area (Å²) >= 11 is 6.26. The Kier molecular flexibility index (Phi) is 4.40. The lowest BCUT2D eigenvalue weighted by atomic mass is 9.97. The quantitative estimate of drug-likeness (QED) is 0.856. The Morgan fingerprint density at radius 2 is 2.04 bits per heavy atom. The normalized spacial score (nSPS) is 18.1. The molecule has 0 radical (unpaired) electrons. The van der Waals surface area contributed by atoms with Crippen LogP contribution in [-0.2, 0) is 6.42 Å². The number of anilines is 1. The highest BCUT2D eigenvalue weighted by atomic mass is 35.5. The number of benzene rings is 1. The van der Waals surface area contributed by atoms with Gasteiger partial charge < -0.3 is 10.1 Å². The van der Waals surface area contributed by atoms with Crippen LogP contribution in [0.5, 0.6) is 5.75 Å². The molecule has 1 aliphatic carbocycles. The molecule has 128 valence electrons. The lowest BCUT2D eigenvalue weighted by molar-refractivity contribution is 0.411. The molecule has 4 rings (SSSR count). The Hall–Kier alpha value is -1.68. The number of hydrogen-bond donors (Lipinski definition) is 1. The second kappa shape index (κ2) is 6.67. The monoisotopic (exact) mass is 345 g/mol. The standard InChI is InChI=1S/C19H24ClN3O/c1-24-17-10-9-14(20)12-16(17)23-19-15(8-4-5-11-21-19)18(22-23)13-6-2-3-7-13/h9-10,12-13,21H,2-8,11H2,1H3. The first kappa shape index (κ1) is 15.8. The van der Waals surface area contributed by atoms with Gasteiger partial charge in [-0.1, -0.05) is 24.4 Å². The van der Waals surface area contributed by atoms with Crippen LogP contribution in [0.15, 0.2) is 18.2 Å². The molecule has 1 fully saturated rings. The zero-order valence-electron chi connectivity index (χ0n) is 14.1. The first-order valence-corrected chi connectivity index (χ1v) is 9.35. The summed E-state index contributed by atoms with van der Waals surface area (Å²) in [7, 11) is 1.69. The minimum absolute atomic E-state index is 0.602. The van der Waals surface area contributed by atoms with Crippen LogP contribution < -0.4 is 10.1 Å². The molecule has 1 aromatic heterocycles. The summed E-state index contributed by atoms with van der Waals surface area (Å²) < 4.78 is 7.59. The van der Waals surface area contributed by atoms with Gasteiger partial charge in [-0.15, -0.1) is 0 Å². The van der Waals surface area contributed by atoms with Crippen molar-refractivity contribution < 1.29 is 4.74 Å². The van der Waals surface area contributed by atoms with Gasteiger partial charge in [-0.3, -0.25) is 0 Å². The molecule has 4 nitrogen and oxygen atoms in total. The molecule has 1 aliphatic heterocycles. The number of rotatable bonds is 3. The van der Waals surface area contributed by atoms with E-state index in [9.17, 15) is 0 Å². The van der Waals surface area contributed by atoms with Crippen molar-refractivity contribution in [1.82, 2.24) is 9.78 Å². The highest BCUT2D eigenvalue weighted by molar-refractivity contribution is 6.30. The van der Waals surface area contributed by atoms with Crippen LogP contribution in [0.4, 0.5) is 5.82 Å². The molecule has 0 amide bonds. The molecule has 1 N–H and O–H groups in total. The smallest absolute Gasteiger partial charge is 0.144 e. The fourth-order valence-electron chi connectivity index (χ4n) is 4.06. The van der Waals surface area contributed by atoms with Gasteiger partial charge >= 0.3 is 0 Å². The largest absolute Gasteiger partial charge is 0.494 e. The molecule has 0 unspecified atom stereocenters. The molecule has 2 aromatic rings. The fourth-order valence-corrected chi connectivity index (χ4v) is 4.23. The fraction of sp³-hybridized carbons (Fsp3) is 0.526. The summed E-state index contributed by atoms with van der Waals surface area (Å²) in [6.45, 7) is 0.992. The maximum Gasteiger partial charge on any atom is 0.144 e. The second-order valence-corrected chi connectivity index (χ2v) is 7.24. The van der Waals surface area contributed by atoms with Gasteiger partial charge in [0.15, 0.2) is 0 Å². The molecule has 24 heavy (non-hydrogen) atoms. The zero-order valence-corrected chi connectivity index (χ0v) is 14.9. The highest BCUT2D eigenvalue weighted by Gasteiger charge is 2.28. The van der Waals surface area contributed by atoms with Crippen molar-refractivity contribution in [3.05, 3.63) is 34.5 Å². The Balaban J connectivity index is 1.87. The van der Waals surface area contributed by atoms with Crippen molar-refractivity contribution in [2.45, 2.75) is 50.9 Å². The van der Waals surface area contributed by atoms with E-state index in [0.717, 1.165) is 30.2 Å². The summed E-state index contributed by atoms with van der Waals surface area (Å²) in [5, 5.41) is 9.36. The molecule has 0 atom stereocenters. The summed E-state index contributed by atoms with van der Waals surface area (Å²) in [5.41, 5.74) is 3.61. The Bertz CT molecular complexity index is 734. The van der Waals surface area contributed by atoms with E-state index in [1.807, 2.05) is 22.9 Å². The van der Waals surface area contributed by atoms with Gasteiger partial charge in [-0.25, -0.2) is 4.68 Å². The highest BCUT2D eigenvalue weighted by Crippen LogP contribution is 2.40. The number of methoxy groups -OCH3 is 1. The number of fused-ring (bicyclic) bond motifs is 1. The molecule has 2 heterocycles. The second-order valence-electron chi connectivity index (χ2n) is 6.81. The third-order valence-corrected chi connectivity index (χ3v) is 5.51. The SMILES string of the molecule is COc1ccc(Cl)cc1-n1nc(C2CCCC2)c2c1NCCCC2. The third kappa shape index (κ3) is 2.77. The Morgan fingerprint density at radius 3 is 2.83 bits per heavy atom. The molecule has 1 aromatic carbocycles. The van der Waals surface area contributed by atoms with Gasteiger partial charge in [-0.05, 0) is 50.3 Å². The van der Waals surface area contributed by atoms with Crippen LogP contribution >= 0.6 is 11.6 Å². The molecule has 0 bridgehead atoms. The van der Waals surface area contributed by atoms with Crippen LogP contribution in [0.1, 0.15) is 55.7 Å². The predicted molar refractivity (Wildman–Crippen MR) is 97.8 cm³/mol. The summed E-state index contributed by atoms with van der Waals surface area (Å²) in [6.07, 6.45) is 8.69. The van der Waals surface area contributed by atoms with Gasteiger partial charge in [0.25, 0.3) is 0 Å². The molecule has 5 heteroatoms. The first-order valence-electron chi connectivity index (χ1n) is 8.97. The molecule has 2 aliphatic rings. The summed E-state index contributed by atoms with van der Waals surface area (Å²) in [5.74, 6) is 2.54. The van der Waals surface area contributed by atoms with Crippen LogP contribution in [0.2, 0.25) is 5.02 Å².